The van der Waals surface area contributed by atoms with Gasteiger partial charge >= 0.3 is 0 Å². The molecule has 1 aliphatic heterocycles. The van der Waals surface area contributed by atoms with E-state index in [2.05, 4.69) is 38.4 Å². The zero-order chi connectivity index (χ0) is 22.3. The molecule has 0 bridgehead atoms. The molecule has 4 rings (SSSR count). The summed E-state index contributed by atoms with van der Waals surface area (Å²) in [5, 5.41) is 8.11. The van der Waals surface area contributed by atoms with Crippen molar-refractivity contribution in [2.75, 3.05) is 48.3 Å². The van der Waals surface area contributed by atoms with E-state index >= 15 is 0 Å². The third kappa shape index (κ3) is 5.52. The van der Waals surface area contributed by atoms with Crippen LogP contribution in [-0.2, 0) is 11.2 Å². The molecule has 7 nitrogen and oxygen atoms in total. The highest BCUT2D eigenvalue weighted by molar-refractivity contribution is 7.14. The molecule has 1 saturated heterocycles. The van der Waals surface area contributed by atoms with E-state index in [1.54, 1.807) is 17.5 Å². The topological polar surface area (TPSA) is 77.6 Å². The molecule has 32 heavy (non-hydrogen) atoms. The van der Waals surface area contributed by atoms with Crippen molar-refractivity contribution in [3.8, 4) is 0 Å². The lowest BCUT2D eigenvalue weighted by Crippen LogP contribution is -2.46. The summed E-state index contributed by atoms with van der Waals surface area (Å²) in [6.07, 6.45) is 0.148. The van der Waals surface area contributed by atoms with Crippen LogP contribution in [-0.4, -0.2) is 54.4 Å². The predicted octanol–water partition coefficient (Wildman–Crippen LogP) is 3.72. The van der Waals surface area contributed by atoms with E-state index in [0.717, 1.165) is 44.1 Å². The maximum Gasteiger partial charge on any atom is 0.257 e. The first-order valence-electron chi connectivity index (χ1n) is 10.8. The summed E-state index contributed by atoms with van der Waals surface area (Å²) in [4.78, 5) is 34.1. The highest BCUT2D eigenvalue weighted by Crippen LogP contribution is 2.27. The number of carbonyl (C=O) groups excluding carboxylic acids is 2. The highest BCUT2D eigenvalue weighted by atomic mass is 32.1. The van der Waals surface area contributed by atoms with E-state index in [9.17, 15) is 9.59 Å². The second-order valence-corrected chi connectivity index (χ2v) is 8.49. The Labute approximate surface area is 192 Å². The van der Waals surface area contributed by atoms with Gasteiger partial charge < -0.3 is 15.1 Å². The average molecular weight is 450 g/mol. The number of hydrogen-bond donors (Lipinski definition) is 2. The van der Waals surface area contributed by atoms with E-state index in [4.69, 9.17) is 0 Å². The number of benzene rings is 2. The van der Waals surface area contributed by atoms with Crippen molar-refractivity contribution in [2.45, 2.75) is 13.3 Å². The van der Waals surface area contributed by atoms with E-state index in [1.165, 1.54) is 11.3 Å². The Morgan fingerprint density at radius 2 is 1.69 bits per heavy atom. The van der Waals surface area contributed by atoms with Crippen molar-refractivity contribution >= 4 is 39.7 Å². The lowest BCUT2D eigenvalue weighted by Gasteiger charge is -2.36. The maximum absolute atomic E-state index is 12.7. The predicted molar refractivity (Wildman–Crippen MR) is 130 cm³/mol. The number of para-hydroxylation sites is 2. The van der Waals surface area contributed by atoms with Gasteiger partial charge in [0.15, 0.2) is 5.13 Å². The number of nitrogens with one attached hydrogen (secondary N) is 2. The number of thiazole rings is 1. The van der Waals surface area contributed by atoms with Gasteiger partial charge in [0, 0.05) is 37.1 Å². The number of hydrogen-bond acceptors (Lipinski definition) is 6. The molecule has 0 atom stereocenters. The molecule has 2 N–H and O–H groups in total. The molecule has 0 aliphatic carbocycles. The molecule has 2 heterocycles. The number of likely N-dealkylation sites (N-methyl/N-ethyl adjacent to an activating group) is 1. The number of piperazine rings is 1. The van der Waals surface area contributed by atoms with Crippen molar-refractivity contribution in [1.82, 2.24) is 9.88 Å². The fourth-order valence-corrected chi connectivity index (χ4v) is 4.43. The van der Waals surface area contributed by atoms with Crippen molar-refractivity contribution in [1.29, 1.82) is 0 Å². The quantitative estimate of drug-likeness (QED) is 0.575. The standard InChI is InChI=1S/C24H27N5O2S/c1-2-28-12-14-29(15-13-28)21-11-7-6-10-20(21)26-22(30)16-19-17-32-24(25-19)27-23(31)18-8-4-3-5-9-18/h3-11,17H,2,12-16H2,1H3,(H,26,30)(H,25,27,31). The molecule has 1 aromatic heterocycles. The first-order valence-corrected chi connectivity index (χ1v) is 11.7. The number of nitrogens with zero attached hydrogens (tertiary/aromatic N) is 3. The van der Waals surface area contributed by atoms with Gasteiger partial charge in [0.2, 0.25) is 5.91 Å². The smallest absolute Gasteiger partial charge is 0.257 e. The van der Waals surface area contributed by atoms with E-state index in [1.807, 2.05) is 36.4 Å². The highest BCUT2D eigenvalue weighted by Gasteiger charge is 2.19. The van der Waals surface area contributed by atoms with Crippen molar-refractivity contribution in [3.05, 3.63) is 71.2 Å². The normalized spacial score (nSPS) is 14.2. The Bertz CT molecular complexity index is 1060. The minimum absolute atomic E-state index is 0.129. The summed E-state index contributed by atoms with van der Waals surface area (Å²) >= 11 is 1.31. The molecule has 8 heteroatoms. The average Bonchev–Trinajstić information content (AvgIpc) is 3.26. The van der Waals surface area contributed by atoms with Gasteiger partial charge in [-0.1, -0.05) is 37.3 Å². The summed E-state index contributed by atoms with van der Waals surface area (Å²) < 4.78 is 0. The van der Waals surface area contributed by atoms with Crippen LogP contribution < -0.4 is 15.5 Å². The van der Waals surface area contributed by atoms with Gasteiger partial charge in [-0.3, -0.25) is 14.9 Å². The Morgan fingerprint density at radius 1 is 0.969 bits per heavy atom. The molecule has 0 unspecified atom stereocenters. The minimum Gasteiger partial charge on any atom is -0.367 e. The van der Waals surface area contributed by atoms with Crippen LogP contribution in [0.3, 0.4) is 0 Å². The van der Waals surface area contributed by atoms with Crippen LogP contribution >= 0.6 is 11.3 Å². The number of carbonyl (C=O) groups is 2. The second kappa shape index (κ2) is 10.4. The molecule has 0 radical (unpaired) electrons. The molecule has 166 valence electrons. The van der Waals surface area contributed by atoms with Gasteiger partial charge in [-0.25, -0.2) is 4.98 Å². The van der Waals surface area contributed by atoms with Gasteiger partial charge in [0.1, 0.15) is 0 Å². The van der Waals surface area contributed by atoms with Crippen molar-refractivity contribution < 1.29 is 9.59 Å². The molecule has 2 aromatic carbocycles. The zero-order valence-electron chi connectivity index (χ0n) is 18.1. The lowest BCUT2D eigenvalue weighted by molar-refractivity contribution is -0.115. The molecule has 0 saturated carbocycles. The van der Waals surface area contributed by atoms with Crippen LogP contribution in [0.4, 0.5) is 16.5 Å². The summed E-state index contributed by atoms with van der Waals surface area (Å²) in [6, 6.07) is 16.9. The van der Waals surface area contributed by atoms with Gasteiger partial charge in [0.05, 0.1) is 23.5 Å². The molecular weight excluding hydrogens is 422 g/mol. The van der Waals surface area contributed by atoms with Crippen LogP contribution in [0.1, 0.15) is 23.0 Å². The van der Waals surface area contributed by atoms with Crippen LogP contribution in [0, 0.1) is 0 Å². The summed E-state index contributed by atoms with van der Waals surface area (Å²) in [6.45, 7) is 7.17. The Morgan fingerprint density at radius 3 is 2.44 bits per heavy atom. The molecule has 1 aliphatic rings. The summed E-state index contributed by atoms with van der Waals surface area (Å²) in [5.74, 6) is -0.344. The first kappa shape index (κ1) is 22.0. The SMILES string of the molecule is CCN1CCN(c2ccccc2NC(=O)Cc2csc(NC(=O)c3ccccc3)n2)CC1. The van der Waals surface area contributed by atoms with Crippen LogP contribution in [0.5, 0.6) is 0 Å². The largest absolute Gasteiger partial charge is 0.367 e. The number of anilines is 3. The van der Waals surface area contributed by atoms with Gasteiger partial charge in [-0.15, -0.1) is 11.3 Å². The Balaban J connectivity index is 1.35. The molecule has 0 spiro atoms. The van der Waals surface area contributed by atoms with Crippen LogP contribution in [0.2, 0.25) is 0 Å². The number of amides is 2. The maximum atomic E-state index is 12.7. The molecule has 1 fully saturated rings. The van der Waals surface area contributed by atoms with Gasteiger partial charge in [-0.2, -0.15) is 0 Å². The number of rotatable bonds is 7. The first-order chi connectivity index (χ1) is 15.6. The summed E-state index contributed by atoms with van der Waals surface area (Å²) in [5.41, 5.74) is 3.06. The third-order valence-electron chi connectivity index (χ3n) is 5.49. The fourth-order valence-electron chi connectivity index (χ4n) is 3.72. The van der Waals surface area contributed by atoms with Gasteiger partial charge in [-0.05, 0) is 30.8 Å². The minimum atomic E-state index is -0.215. The lowest BCUT2D eigenvalue weighted by atomic mass is 10.2. The van der Waals surface area contributed by atoms with Crippen molar-refractivity contribution in [2.24, 2.45) is 0 Å². The third-order valence-corrected chi connectivity index (χ3v) is 6.29. The molecule has 3 aromatic rings. The van der Waals surface area contributed by atoms with Crippen LogP contribution in [0.15, 0.2) is 60.0 Å². The van der Waals surface area contributed by atoms with Crippen LogP contribution in [0.25, 0.3) is 0 Å². The zero-order valence-corrected chi connectivity index (χ0v) is 18.9. The summed E-state index contributed by atoms with van der Waals surface area (Å²) in [7, 11) is 0. The molecule has 2 amide bonds. The second-order valence-electron chi connectivity index (χ2n) is 7.63. The molecular formula is C24H27N5O2S. The van der Waals surface area contributed by atoms with Crippen molar-refractivity contribution in [3.63, 3.8) is 0 Å². The number of aromatic nitrogens is 1. The van der Waals surface area contributed by atoms with E-state index in [0.29, 0.717) is 16.4 Å². The fraction of sp³-hybridized carbons (Fsp3) is 0.292. The Hall–Kier alpha value is -3.23. The Kier molecular flexibility index (Phi) is 7.14. The van der Waals surface area contributed by atoms with Gasteiger partial charge in [0.25, 0.3) is 5.91 Å². The monoisotopic (exact) mass is 449 g/mol. The van der Waals surface area contributed by atoms with E-state index < -0.39 is 0 Å². The van der Waals surface area contributed by atoms with E-state index in [-0.39, 0.29) is 18.2 Å².